The quantitative estimate of drug-likeness (QED) is 0.318. The number of rotatable bonds is 10. The van der Waals surface area contributed by atoms with Crippen LogP contribution in [0.5, 0.6) is 0 Å². The third kappa shape index (κ3) is 7.97. The van der Waals surface area contributed by atoms with E-state index >= 15 is 0 Å². The molecule has 0 aromatic heterocycles. The minimum atomic E-state index is -4.18. The van der Waals surface area contributed by atoms with E-state index in [0.29, 0.717) is 6.42 Å². The van der Waals surface area contributed by atoms with Crippen molar-refractivity contribution in [2.75, 3.05) is 10.8 Å². The van der Waals surface area contributed by atoms with Gasteiger partial charge < -0.3 is 10.2 Å². The zero-order valence-corrected chi connectivity index (χ0v) is 24.7. The molecular weight excluding hydrogens is 557 g/mol. The molecule has 3 aromatic rings. The maximum absolute atomic E-state index is 14.0. The van der Waals surface area contributed by atoms with Gasteiger partial charge in [-0.25, -0.2) is 8.42 Å². The van der Waals surface area contributed by atoms with Crippen LogP contribution < -0.4 is 9.62 Å². The number of anilines is 1. The number of hydrogen-bond acceptors (Lipinski definition) is 4. The van der Waals surface area contributed by atoms with E-state index in [9.17, 15) is 18.0 Å². The third-order valence-electron chi connectivity index (χ3n) is 5.88. The summed E-state index contributed by atoms with van der Waals surface area (Å²) in [5, 5.41) is 3.34. The highest BCUT2D eigenvalue weighted by atomic mass is 35.5. The first-order chi connectivity index (χ1) is 18.3. The summed E-state index contributed by atoms with van der Waals surface area (Å²) in [5.74, 6) is -0.860. The number of nitrogens with one attached hydrogen (secondary N) is 1. The topological polar surface area (TPSA) is 86.8 Å². The lowest BCUT2D eigenvalue weighted by molar-refractivity contribution is -0.141. The molecule has 0 bridgehead atoms. The Morgan fingerprint density at radius 3 is 2.03 bits per heavy atom. The number of hydrogen-bond donors (Lipinski definition) is 1. The van der Waals surface area contributed by atoms with Gasteiger partial charge in [-0.1, -0.05) is 78.7 Å². The van der Waals surface area contributed by atoms with E-state index in [1.807, 2.05) is 58.0 Å². The van der Waals surface area contributed by atoms with Gasteiger partial charge in [-0.2, -0.15) is 0 Å². The average Bonchev–Trinajstić information content (AvgIpc) is 2.88. The highest BCUT2D eigenvalue weighted by Crippen LogP contribution is 2.31. The Balaban J connectivity index is 2.07. The molecule has 0 fully saturated rings. The maximum atomic E-state index is 14.0. The van der Waals surface area contributed by atoms with Gasteiger partial charge in [-0.05, 0) is 63.1 Å². The summed E-state index contributed by atoms with van der Waals surface area (Å²) < 4.78 is 28.6. The maximum Gasteiger partial charge on any atom is 0.264 e. The zero-order chi connectivity index (χ0) is 28.8. The molecule has 0 saturated carbocycles. The molecule has 2 amide bonds. The van der Waals surface area contributed by atoms with Crippen molar-refractivity contribution in [1.29, 1.82) is 0 Å². The van der Waals surface area contributed by atoms with Gasteiger partial charge in [0.25, 0.3) is 10.0 Å². The van der Waals surface area contributed by atoms with Crippen molar-refractivity contribution in [2.24, 2.45) is 0 Å². The molecule has 0 aliphatic rings. The van der Waals surface area contributed by atoms with E-state index in [4.69, 9.17) is 23.2 Å². The first kappa shape index (κ1) is 30.5. The molecule has 3 rings (SSSR count). The lowest BCUT2D eigenvalue weighted by atomic mass is 10.1. The van der Waals surface area contributed by atoms with Gasteiger partial charge in [0.1, 0.15) is 12.6 Å². The Kier molecular flexibility index (Phi) is 10.0. The average molecular weight is 591 g/mol. The van der Waals surface area contributed by atoms with Crippen LogP contribution in [0, 0.1) is 0 Å². The van der Waals surface area contributed by atoms with Gasteiger partial charge in [0.2, 0.25) is 11.8 Å². The molecular formula is C29H33Cl2N3O4S. The molecule has 1 atom stereocenters. The standard InChI is InChI=1S/C29H33Cl2N3O4S/c1-5-26(28(36)32-29(2,3)4)33(19-21-12-8-6-9-13-21)27(35)20-34(22-16-17-24(30)25(31)18-22)39(37,38)23-14-10-7-11-15-23/h6-18,26H,5,19-20H2,1-4H3,(H,32,36)/t26-/m0/s1. The van der Waals surface area contributed by atoms with Crippen molar-refractivity contribution in [3.63, 3.8) is 0 Å². The highest BCUT2D eigenvalue weighted by Gasteiger charge is 2.34. The number of carbonyl (C=O) groups excluding carboxylic acids is 2. The molecule has 7 nitrogen and oxygen atoms in total. The number of carbonyl (C=O) groups is 2. The van der Waals surface area contributed by atoms with Crippen LogP contribution >= 0.6 is 23.2 Å². The molecule has 0 aliphatic heterocycles. The Bertz CT molecular complexity index is 1400. The number of benzene rings is 3. The van der Waals surface area contributed by atoms with Crippen LogP contribution in [0.1, 0.15) is 39.7 Å². The smallest absolute Gasteiger partial charge is 0.264 e. The second-order valence-electron chi connectivity index (χ2n) is 10.1. The Morgan fingerprint density at radius 2 is 1.49 bits per heavy atom. The van der Waals surface area contributed by atoms with E-state index in [1.54, 1.807) is 18.2 Å². The minimum absolute atomic E-state index is 0.0102. The summed E-state index contributed by atoms with van der Waals surface area (Å²) in [6, 6.07) is 20.6. The molecule has 208 valence electrons. The molecule has 0 unspecified atom stereocenters. The molecule has 39 heavy (non-hydrogen) atoms. The molecule has 0 spiro atoms. The lowest BCUT2D eigenvalue weighted by Crippen LogP contribution is -2.55. The summed E-state index contributed by atoms with van der Waals surface area (Å²) in [5.41, 5.74) is 0.461. The van der Waals surface area contributed by atoms with E-state index < -0.39 is 34.1 Å². The van der Waals surface area contributed by atoms with Crippen molar-refractivity contribution in [2.45, 2.75) is 57.1 Å². The summed E-state index contributed by atoms with van der Waals surface area (Å²) in [6.45, 7) is 6.96. The van der Waals surface area contributed by atoms with Crippen LogP contribution in [-0.2, 0) is 26.2 Å². The monoisotopic (exact) mass is 589 g/mol. The first-order valence-corrected chi connectivity index (χ1v) is 14.7. The molecule has 3 aromatic carbocycles. The lowest BCUT2D eigenvalue weighted by Gasteiger charge is -2.34. The fourth-order valence-corrected chi connectivity index (χ4v) is 5.76. The predicted molar refractivity (Wildman–Crippen MR) is 156 cm³/mol. The second kappa shape index (κ2) is 12.9. The van der Waals surface area contributed by atoms with E-state index in [0.717, 1.165) is 9.87 Å². The molecule has 0 heterocycles. The fraction of sp³-hybridized carbons (Fsp3) is 0.310. The zero-order valence-electron chi connectivity index (χ0n) is 22.4. The van der Waals surface area contributed by atoms with Crippen LogP contribution in [-0.4, -0.2) is 43.3 Å². The Labute approximate surface area is 240 Å². The van der Waals surface area contributed by atoms with Gasteiger partial charge >= 0.3 is 0 Å². The van der Waals surface area contributed by atoms with Gasteiger partial charge in [0.15, 0.2) is 0 Å². The van der Waals surface area contributed by atoms with E-state index in [2.05, 4.69) is 5.32 Å². The van der Waals surface area contributed by atoms with Crippen LogP contribution in [0.25, 0.3) is 0 Å². The van der Waals surface area contributed by atoms with Crippen molar-refractivity contribution >= 4 is 50.7 Å². The number of halogens is 2. The van der Waals surface area contributed by atoms with Gasteiger partial charge in [-0.15, -0.1) is 0 Å². The predicted octanol–water partition coefficient (Wildman–Crippen LogP) is 5.91. The Morgan fingerprint density at radius 1 is 0.897 bits per heavy atom. The number of nitrogens with zero attached hydrogens (tertiary/aromatic N) is 2. The molecule has 1 N–H and O–H groups in total. The number of amides is 2. The van der Waals surface area contributed by atoms with Crippen LogP contribution in [0.3, 0.4) is 0 Å². The van der Waals surface area contributed by atoms with Crippen LogP contribution in [0.4, 0.5) is 5.69 Å². The first-order valence-electron chi connectivity index (χ1n) is 12.5. The van der Waals surface area contributed by atoms with Crippen molar-refractivity contribution in [3.05, 3.63) is 94.5 Å². The largest absolute Gasteiger partial charge is 0.350 e. The molecule has 0 radical (unpaired) electrons. The highest BCUT2D eigenvalue weighted by molar-refractivity contribution is 7.92. The van der Waals surface area contributed by atoms with Crippen molar-refractivity contribution in [3.8, 4) is 0 Å². The van der Waals surface area contributed by atoms with Crippen molar-refractivity contribution in [1.82, 2.24) is 10.2 Å². The fourth-order valence-electron chi connectivity index (χ4n) is 4.04. The third-order valence-corrected chi connectivity index (χ3v) is 8.41. The normalized spacial score (nSPS) is 12.5. The van der Waals surface area contributed by atoms with Gasteiger partial charge in [0.05, 0.1) is 20.6 Å². The van der Waals surface area contributed by atoms with E-state index in [1.165, 1.54) is 35.2 Å². The summed E-state index contributed by atoms with van der Waals surface area (Å²) in [4.78, 5) is 28.8. The molecule has 10 heteroatoms. The minimum Gasteiger partial charge on any atom is -0.350 e. The van der Waals surface area contributed by atoms with Gasteiger partial charge in [0, 0.05) is 12.1 Å². The summed E-state index contributed by atoms with van der Waals surface area (Å²) in [6.07, 6.45) is 0.332. The SMILES string of the molecule is CC[C@@H](C(=O)NC(C)(C)C)N(Cc1ccccc1)C(=O)CN(c1ccc(Cl)c(Cl)c1)S(=O)(=O)c1ccccc1. The van der Waals surface area contributed by atoms with Crippen molar-refractivity contribution < 1.29 is 18.0 Å². The van der Waals surface area contributed by atoms with Crippen LogP contribution in [0.15, 0.2) is 83.8 Å². The summed E-state index contributed by atoms with van der Waals surface area (Å²) in [7, 11) is -4.18. The summed E-state index contributed by atoms with van der Waals surface area (Å²) >= 11 is 12.3. The second-order valence-corrected chi connectivity index (χ2v) is 12.8. The molecule has 0 saturated heterocycles. The van der Waals surface area contributed by atoms with E-state index in [-0.39, 0.29) is 33.1 Å². The van der Waals surface area contributed by atoms with Crippen LogP contribution in [0.2, 0.25) is 10.0 Å². The number of sulfonamides is 1. The Hall–Kier alpha value is -3.07. The molecule has 0 aliphatic carbocycles. The van der Waals surface area contributed by atoms with Gasteiger partial charge in [-0.3, -0.25) is 13.9 Å².